The van der Waals surface area contributed by atoms with E-state index in [0.29, 0.717) is 38.5 Å². The molecule has 0 aromatic rings. The summed E-state index contributed by atoms with van der Waals surface area (Å²) < 4.78 is 727. The van der Waals surface area contributed by atoms with Crippen LogP contribution in [0.4, 0.5) is 0 Å². The van der Waals surface area contributed by atoms with Gasteiger partial charge in [0, 0.05) is 6.61 Å². The molecule has 17 N–H and O–H groups in total. The van der Waals surface area contributed by atoms with Crippen LogP contribution in [0.2, 0.25) is 0 Å². The SMILES string of the molecule is O=S(=O)(O)OCCCCCCCCCCCCOC1O[C@H](COS(=O)(=O)O)[C@@H](OS(=O)(=O)O)[C@H](O[C@@H]2O[C@H](COS(=O)(=O)O)[C@@H](OS(=O)(=O)O)[C@H](O[C@@H]3O[C@H](COS(=O)(=O)O)[C@@H](OS(=O)(=O)O)[C@H](O[C@@H]4O[C@H](COS(=O)(=O)O)[C@@H](OS(=O)(=O)O)[C@H](O[C@@H]5O[C@H](COS(=O)(=O)O)[C@@H](OS(=O)(=O)O)[C@H](OS(=O)(=O)O)[C@H]5OS(=O)(=O)O)[C@H]4OS(=O)(=O)O)[C@H]3OS(=O)(=O)O)[C@H]2OS(=O)(=O)O)[C@H]1OS(=O)(=O)O. The van der Waals surface area contributed by atoms with Crippen molar-refractivity contribution in [2.45, 2.75) is 218 Å². The summed E-state index contributed by atoms with van der Waals surface area (Å²) in [5, 5.41) is 0. The largest absolute Gasteiger partial charge is 0.397 e. The van der Waals surface area contributed by atoms with Crippen LogP contribution in [0.1, 0.15) is 64.2 Å². The average molecular weight is 2370 g/mol. The van der Waals surface area contributed by atoms with E-state index in [4.69, 9.17) is 51.9 Å². The van der Waals surface area contributed by atoms with E-state index in [-0.39, 0.29) is 32.3 Å². The van der Waals surface area contributed by atoms with Crippen molar-refractivity contribution in [3.05, 3.63) is 0 Å². The van der Waals surface area contributed by atoms with E-state index in [9.17, 15) is 216 Å². The zero-order valence-corrected chi connectivity index (χ0v) is 79.8. The second-order valence-corrected chi connectivity index (χ2v) is 44.8. The molecule has 5 saturated heterocycles. The summed E-state index contributed by atoms with van der Waals surface area (Å²) in [6, 6.07) is 0. The minimum Gasteiger partial charge on any atom is -0.350 e. The maximum atomic E-state index is 13.5. The van der Waals surface area contributed by atoms with Gasteiger partial charge in [-0.2, -0.15) is 143 Å². The fourth-order valence-electron chi connectivity index (χ4n) is 12.4. The zero-order chi connectivity index (χ0) is 105. The van der Waals surface area contributed by atoms with Crippen LogP contribution in [0.15, 0.2) is 0 Å². The Morgan fingerprint density at radius 1 is 0.153 bits per heavy atom. The third kappa shape index (κ3) is 49.2. The van der Waals surface area contributed by atoms with Crippen LogP contribution in [-0.2, 0) is 295 Å². The molecule has 5 rings (SSSR count). The van der Waals surface area contributed by atoms with Gasteiger partial charge in [0.1, 0.15) is 91.6 Å². The van der Waals surface area contributed by atoms with Crippen molar-refractivity contribution in [3.63, 3.8) is 0 Å². The maximum absolute atomic E-state index is 13.5. The average Bonchev–Trinajstić information content (AvgIpc) is 0.746. The van der Waals surface area contributed by atoms with Crippen molar-refractivity contribution >= 4 is 177 Å². The maximum Gasteiger partial charge on any atom is 0.397 e. The molecule has 0 aromatic heterocycles. The number of hydrogen-bond acceptors (Lipinski definition) is 61. The molecule has 1 unspecified atom stereocenters. The van der Waals surface area contributed by atoms with Gasteiger partial charge < -0.3 is 47.4 Å². The van der Waals surface area contributed by atoms with Gasteiger partial charge in [-0.15, -0.1) is 0 Å². The highest BCUT2D eigenvalue weighted by atomic mass is 32.3. The molecule has 25 atom stereocenters. The van der Waals surface area contributed by atoms with Crippen LogP contribution < -0.4 is 0 Å². The normalized spacial score (nSPS) is 30.8. The van der Waals surface area contributed by atoms with Crippen molar-refractivity contribution in [3.8, 4) is 0 Å². The molecule has 0 aliphatic carbocycles. The Balaban J connectivity index is 1.97. The van der Waals surface area contributed by atoms with Crippen molar-refractivity contribution < 1.29 is 339 Å². The fraction of sp³-hybridized carbons (Fsp3) is 1.00. The van der Waals surface area contributed by atoms with E-state index >= 15 is 0 Å². The van der Waals surface area contributed by atoms with Crippen LogP contribution in [0, 0.1) is 0 Å². The van der Waals surface area contributed by atoms with Gasteiger partial charge in [0.25, 0.3) is 0 Å². The smallest absolute Gasteiger partial charge is 0.350 e. The molecule has 78 nitrogen and oxygen atoms in total. The lowest BCUT2D eigenvalue weighted by Crippen LogP contribution is -2.70. The monoisotopic (exact) mass is 2370 g/mol. The number of hydrogen-bond donors (Lipinski definition) is 17. The third-order valence-corrected chi connectivity index (χ3v) is 24.4. The standard InChI is InChI=1S/C42H76O78S17/c43-121(44,45)95-12-10-8-6-4-2-1-3-5-7-9-11-94-38-33(116-133(79,80)81)28(23(110-127(61,62)63)18(101-38)13-96-122(46,47)48)106-39-34(117-134(82,83)84)29(24(111-128(64,65)66)19(102-39)14-97-123(49,50)51)107-40-35(118-135(85,86)87)30(25(112-129(67,68)69)20(103-40)15-98-124(52,53)54)108-41-36(119-136(88,89)90)31(26(113-130(70,71)72)21(104-41)16-99-125(55,56)57)109-42-37(120-137(91,92)93)32(115-132(76,77)78)27(114-131(73,74)75)22(105-42)17-100-126(58,59)60/h18-42H,1-17H2,(H,43,44,45)(H,46,47,48)(H,49,50,51)(H,52,53,54)(H,55,56,57)(H,58,59,60)(H,61,62,63)(H,64,65,66)(H,67,68,69)(H,70,71,72)(H,73,74,75)(H,76,77,78)(H,79,80,81)(H,82,83,84)(H,85,86,87)(H,88,89,90)(H,91,92,93)/t18-,19-,20-,21-,22-,23-,24-,25-,26-,27-,28+,29+,30+,31+,32+,33-,34-,35-,36-,37-,38?,39+,40+,41+,42+/m1/s1. The van der Waals surface area contributed by atoms with E-state index in [2.05, 4.69) is 71.1 Å². The summed E-state index contributed by atoms with van der Waals surface area (Å²) in [5.41, 5.74) is 0. The second kappa shape index (κ2) is 49.0. The Hall–Kier alpha value is -2.61. The van der Waals surface area contributed by atoms with E-state index in [1.165, 1.54) is 0 Å². The highest BCUT2D eigenvalue weighted by Gasteiger charge is 2.65. The number of ether oxygens (including phenoxy) is 10. The van der Waals surface area contributed by atoms with Gasteiger partial charge in [-0.1, -0.05) is 51.4 Å². The molecule has 814 valence electrons. The predicted octanol–water partition coefficient (Wildman–Crippen LogP) is -10.9. The van der Waals surface area contributed by atoms with Crippen molar-refractivity contribution in [1.82, 2.24) is 0 Å². The molecular weight excluding hydrogens is 2300 g/mol. The van der Waals surface area contributed by atoms with Gasteiger partial charge in [-0.25, -0.2) is 71.1 Å². The topological polar surface area (TPSA) is 1170 Å². The minimum atomic E-state index is -7.15. The quantitative estimate of drug-likeness (QED) is 0.0199. The predicted molar refractivity (Wildman–Crippen MR) is 401 cm³/mol. The van der Waals surface area contributed by atoms with E-state index in [0.717, 1.165) is 0 Å². The Bertz CT molecular complexity index is 6140. The Morgan fingerprint density at radius 2 is 0.299 bits per heavy atom. The fourth-order valence-corrected chi connectivity index (χ4v) is 19.7. The molecule has 95 heteroatoms. The van der Waals surface area contributed by atoms with Gasteiger partial charge in [0.05, 0.1) is 39.6 Å². The number of unbranched alkanes of at least 4 members (excludes halogenated alkanes) is 9. The summed E-state index contributed by atoms with van der Waals surface area (Å²) in [7, 11) is -111. The molecule has 0 amide bonds. The van der Waals surface area contributed by atoms with Gasteiger partial charge in [-0.3, -0.25) is 77.4 Å². The lowest BCUT2D eigenvalue weighted by atomic mass is 9.95. The molecule has 0 radical (unpaired) electrons. The minimum absolute atomic E-state index is 0.0154. The molecular formula is C42H76O78S17. The molecule has 5 fully saturated rings. The summed E-state index contributed by atoms with van der Waals surface area (Å²) in [4.78, 5) is 0. The number of rotatable bonds is 60. The Kier molecular flexibility index (Phi) is 44.7. The molecule has 0 bridgehead atoms. The third-order valence-electron chi connectivity index (χ3n) is 16.6. The highest BCUT2D eigenvalue weighted by molar-refractivity contribution is 7.84. The van der Waals surface area contributed by atoms with E-state index in [1.807, 2.05) is 0 Å². The summed E-state index contributed by atoms with van der Waals surface area (Å²) in [6.07, 6.45) is -93.2. The van der Waals surface area contributed by atoms with Gasteiger partial charge in [0.2, 0.25) is 0 Å². The van der Waals surface area contributed by atoms with Crippen LogP contribution in [-0.4, -0.2) is 420 Å². The van der Waals surface area contributed by atoms with Gasteiger partial charge in [-0.05, 0) is 12.8 Å². The highest BCUT2D eigenvalue weighted by Crippen LogP contribution is 2.44. The first-order valence-corrected chi connectivity index (χ1v) is 58.1. The van der Waals surface area contributed by atoms with Crippen LogP contribution in [0.25, 0.3) is 0 Å². The molecule has 5 aliphatic rings. The summed E-state index contributed by atoms with van der Waals surface area (Å²) in [5.74, 6) is 0. The molecule has 0 aromatic carbocycles. The summed E-state index contributed by atoms with van der Waals surface area (Å²) in [6.45, 7) is -13.4. The summed E-state index contributed by atoms with van der Waals surface area (Å²) >= 11 is 0. The van der Waals surface area contributed by atoms with Gasteiger partial charge in [0.15, 0.2) is 62.0 Å². The van der Waals surface area contributed by atoms with Crippen LogP contribution in [0.5, 0.6) is 0 Å². The Labute approximate surface area is 774 Å². The molecule has 0 saturated carbocycles. The van der Waals surface area contributed by atoms with Crippen LogP contribution in [0.3, 0.4) is 0 Å². The molecule has 137 heavy (non-hydrogen) atoms. The first-order chi connectivity index (χ1) is 61.5. The molecule has 5 heterocycles. The van der Waals surface area contributed by atoms with E-state index < -0.39 is 370 Å². The van der Waals surface area contributed by atoms with Gasteiger partial charge >= 0.3 is 177 Å². The molecule has 0 spiro atoms. The van der Waals surface area contributed by atoms with Crippen molar-refractivity contribution in [2.75, 3.05) is 46.2 Å². The first kappa shape index (κ1) is 125. The van der Waals surface area contributed by atoms with Crippen LogP contribution >= 0.6 is 0 Å². The van der Waals surface area contributed by atoms with E-state index in [1.54, 1.807) is 0 Å². The lowest BCUT2D eigenvalue weighted by molar-refractivity contribution is -0.385. The molecule has 5 aliphatic heterocycles. The lowest BCUT2D eigenvalue weighted by Gasteiger charge is -2.51. The Morgan fingerprint density at radius 3 is 0.489 bits per heavy atom. The van der Waals surface area contributed by atoms with Crippen molar-refractivity contribution in [1.29, 1.82) is 0 Å². The first-order valence-electron chi connectivity index (χ1n) is 34.9. The van der Waals surface area contributed by atoms with Crippen molar-refractivity contribution in [2.24, 2.45) is 0 Å². The zero-order valence-electron chi connectivity index (χ0n) is 65.9. The second-order valence-electron chi connectivity index (χ2n) is 26.7.